The number of para-hydroxylation sites is 1. The molecule has 0 unspecified atom stereocenters. The van der Waals surface area contributed by atoms with E-state index in [1.807, 2.05) is 6.07 Å². The van der Waals surface area contributed by atoms with Crippen LogP contribution in [0.2, 0.25) is 0 Å². The maximum absolute atomic E-state index is 8.83. The summed E-state index contributed by atoms with van der Waals surface area (Å²) in [5.74, 6) is 0. The van der Waals surface area contributed by atoms with Crippen molar-refractivity contribution in [3.05, 3.63) is 30.3 Å². The summed E-state index contributed by atoms with van der Waals surface area (Å²) in [6.07, 6.45) is -0.743. The zero-order valence-corrected chi connectivity index (χ0v) is 11.2. The Hall–Kier alpha value is -0.810. The molecule has 1 heterocycles. The van der Waals surface area contributed by atoms with E-state index in [2.05, 4.69) is 34.1 Å². The number of aliphatic hydroxyl groups excluding tert-OH is 1. The van der Waals surface area contributed by atoms with Crippen LogP contribution in [0.25, 0.3) is 0 Å². The van der Waals surface area contributed by atoms with Crippen LogP contribution in [0.3, 0.4) is 0 Å². The van der Waals surface area contributed by atoms with E-state index in [9.17, 15) is 0 Å². The molecule has 2 N–H and O–H groups in total. The fourth-order valence-corrected chi connectivity index (χ4v) is 2.17. The van der Waals surface area contributed by atoms with Crippen LogP contribution in [-0.4, -0.2) is 54.1 Å². The lowest BCUT2D eigenvalue weighted by molar-refractivity contribution is -0.0504. The molecule has 0 aromatic heterocycles. The van der Waals surface area contributed by atoms with Gasteiger partial charge < -0.3 is 15.1 Å². The van der Waals surface area contributed by atoms with E-state index < -0.39 is 6.29 Å². The van der Waals surface area contributed by atoms with Crippen molar-refractivity contribution in [2.24, 2.45) is 0 Å². The van der Waals surface area contributed by atoms with Gasteiger partial charge >= 0.3 is 0 Å². The lowest BCUT2D eigenvalue weighted by Crippen LogP contribution is -2.47. The minimum Gasteiger partial charge on any atom is -0.369 e. The van der Waals surface area contributed by atoms with Crippen molar-refractivity contribution in [2.45, 2.75) is 12.7 Å². The van der Waals surface area contributed by atoms with Gasteiger partial charge in [0, 0.05) is 44.8 Å². The van der Waals surface area contributed by atoms with Crippen LogP contribution in [0.4, 0.5) is 5.69 Å². The number of rotatable bonds is 4. The van der Waals surface area contributed by atoms with Crippen molar-refractivity contribution in [1.29, 1.82) is 0 Å². The van der Waals surface area contributed by atoms with Crippen LogP contribution in [-0.2, 0) is 0 Å². The molecule has 0 amide bonds. The molecule has 0 saturated carbocycles. The molecule has 0 spiro atoms. The van der Waals surface area contributed by atoms with Gasteiger partial charge in [0.2, 0.25) is 0 Å². The Morgan fingerprint density at radius 3 is 2.17 bits per heavy atom. The molecule has 18 heavy (non-hydrogen) atoms. The average molecular weight is 273 g/mol. The lowest BCUT2D eigenvalue weighted by atomic mass is 10.2. The smallest absolute Gasteiger partial charge is 0.152 e. The molecule has 4 nitrogen and oxygen atoms in total. The van der Waals surface area contributed by atoms with Gasteiger partial charge in [-0.2, -0.15) is 0 Å². The van der Waals surface area contributed by atoms with Gasteiger partial charge in [-0.3, -0.25) is 4.90 Å². The first-order valence-corrected chi connectivity index (χ1v) is 6.14. The third-order valence-corrected chi connectivity index (χ3v) is 3.20. The van der Waals surface area contributed by atoms with Crippen LogP contribution in [0.1, 0.15) is 6.42 Å². The number of hydrogen-bond acceptors (Lipinski definition) is 4. The molecule has 0 bridgehead atoms. The molecule has 1 aliphatic rings. The second-order valence-corrected chi connectivity index (χ2v) is 4.43. The van der Waals surface area contributed by atoms with Crippen molar-refractivity contribution in [3.63, 3.8) is 0 Å². The molecule has 1 fully saturated rings. The Kier molecular flexibility index (Phi) is 6.43. The summed E-state index contributed by atoms with van der Waals surface area (Å²) in [6, 6.07) is 10.4. The standard InChI is InChI=1S/C13H20N2O2.ClH/c16-13(17)6-7-14-8-10-15(11-9-14)12-4-2-1-3-5-12;/h1-5,13,16-17H,6-11H2;1H. The molecule has 5 heteroatoms. The first-order chi connectivity index (χ1) is 8.25. The third kappa shape index (κ3) is 4.46. The Bertz CT molecular complexity index is 327. The number of benzene rings is 1. The largest absolute Gasteiger partial charge is 0.369 e. The van der Waals surface area contributed by atoms with Gasteiger partial charge in [0.25, 0.3) is 0 Å². The molecule has 1 aromatic rings. The summed E-state index contributed by atoms with van der Waals surface area (Å²) in [7, 11) is 0. The first kappa shape index (κ1) is 15.2. The molecule has 2 rings (SSSR count). The maximum atomic E-state index is 8.83. The van der Waals surface area contributed by atoms with Gasteiger partial charge in [0.1, 0.15) is 0 Å². The summed E-state index contributed by atoms with van der Waals surface area (Å²) < 4.78 is 0. The Labute approximate surface area is 114 Å². The van der Waals surface area contributed by atoms with Crippen molar-refractivity contribution < 1.29 is 10.2 Å². The second-order valence-electron chi connectivity index (χ2n) is 4.43. The van der Waals surface area contributed by atoms with E-state index in [4.69, 9.17) is 10.2 Å². The molecular weight excluding hydrogens is 252 g/mol. The molecule has 0 radical (unpaired) electrons. The molecule has 102 valence electrons. The van der Waals surface area contributed by atoms with E-state index in [-0.39, 0.29) is 12.4 Å². The number of nitrogens with zero attached hydrogens (tertiary/aromatic N) is 2. The number of piperazine rings is 1. The minimum atomic E-state index is -1.18. The van der Waals surface area contributed by atoms with Crippen molar-refractivity contribution in [1.82, 2.24) is 4.90 Å². The summed E-state index contributed by atoms with van der Waals surface area (Å²) in [5, 5.41) is 17.7. The monoisotopic (exact) mass is 272 g/mol. The summed E-state index contributed by atoms with van der Waals surface area (Å²) in [5.41, 5.74) is 1.27. The Morgan fingerprint density at radius 1 is 1.00 bits per heavy atom. The quantitative estimate of drug-likeness (QED) is 0.801. The molecule has 1 aliphatic heterocycles. The fraction of sp³-hybridized carbons (Fsp3) is 0.538. The molecule has 0 atom stereocenters. The highest BCUT2D eigenvalue weighted by Crippen LogP contribution is 2.15. The van der Waals surface area contributed by atoms with Gasteiger partial charge in [-0.25, -0.2) is 0 Å². The van der Waals surface area contributed by atoms with Crippen LogP contribution in [0.15, 0.2) is 30.3 Å². The van der Waals surface area contributed by atoms with Crippen molar-refractivity contribution >= 4 is 18.1 Å². The molecular formula is C13H21ClN2O2. The van der Waals surface area contributed by atoms with E-state index >= 15 is 0 Å². The minimum absolute atomic E-state index is 0. The van der Waals surface area contributed by atoms with Gasteiger partial charge in [0.05, 0.1) is 0 Å². The van der Waals surface area contributed by atoms with E-state index in [1.165, 1.54) is 5.69 Å². The van der Waals surface area contributed by atoms with Crippen LogP contribution >= 0.6 is 12.4 Å². The highest BCUT2D eigenvalue weighted by molar-refractivity contribution is 5.85. The molecule has 1 saturated heterocycles. The van der Waals surface area contributed by atoms with E-state index in [1.54, 1.807) is 0 Å². The maximum Gasteiger partial charge on any atom is 0.152 e. The van der Waals surface area contributed by atoms with Crippen LogP contribution in [0, 0.1) is 0 Å². The van der Waals surface area contributed by atoms with Gasteiger partial charge in [-0.1, -0.05) is 18.2 Å². The zero-order valence-electron chi connectivity index (χ0n) is 10.4. The van der Waals surface area contributed by atoms with Gasteiger partial charge in [-0.15, -0.1) is 12.4 Å². The highest BCUT2D eigenvalue weighted by atomic mass is 35.5. The summed E-state index contributed by atoms with van der Waals surface area (Å²) in [4.78, 5) is 4.64. The fourth-order valence-electron chi connectivity index (χ4n) is 2.17. The predicted octanol–water partition coefficient (Wildman–Crippen LogP) is 0.931. The van der Waals surface area contributed by atoms with Gasteiger partial charge in [-0.05, 0) is 12.1 Å². The summed E-state index contributed by atoms with van der Waals surface area (Å²) in [6.45, 7) is 4.75. The van der Waals surface area contributed by atoms with Crippen LogP contribution < -0.4 is 4.90 Å². The SMILES string of the molecule is Cl.OC(O)CCN1CCN(c2ccccc2)CC1. The normalized spacial score (nSPS) is 16.7. The number of halogens is 1. The number of hydrogen-bond donors (Lipinski definition) is 2. The summed E-state index contributed by atoms with van der Waals surface area (Å²) >= 11 is 0. The zero-order chi connectivity index (χ0) is 12.1. The predicted molar refractivity (Wildman–Crippen MR) is 75.2 cm³/mol. The van der Waals surface area contributed by atoms with Crippen molar-refractivity contribution in [3.8, 4) is 0 Å². The van der Waals surface area contributed by atoms with E-state index in [0.717, 1.165) is 32.7 Å². The van der Waals surface area contributed by atoms with E-state index in [0.29, 0.717) is 6.42 Å². The Balaban J connectivity index is 0.00000162. The topological polar surface area (TPSA) is 46.9 Å². The number of anilines is 1. The Morgan fingerprint density at radius 2 is 1.61 bits per heavy atom. The number of aliphatic hydroxyl groups is 2. The molecule has 0 aliphatic carbocycles. The van der Waals surface area contributed by atoms with Gasteiger partial charge in [0.15, 0.2) is 6.29 Å². The first-order valence-electron chi connectivity index (χ1n) is 6.14. The third-order valence-electron chi connectivity index (χ3n) is 3.20. The highest BCUT2D eigenvalue weighted by Gasteiger charge is 2.17. The lowest BCUT2D eigenvalue weighted by Gasteiger charge is -2.36. The van der Waals surface area contributed by atoms with Crippen molar-refractivity contribution in [2.75, 3.05) is 37.6 Å². The van der Waals surface area contributed by atoms with Crippen LogP contribution in [0.5, 0.6) is 0 Å². The average Bonchev–Trinajstić information content (AvgIpc) is 2.38. The second kappa shape index (κ2) is 7.59. The molecule has 1 aromatic carbocycles.